The highest BCUT2D eigenvalue weighted by Gasteiger charge is 2.39. The number of carboxylic acids is 2. The maximum atomic E-state index is 14.3. The number of aliphatic hydroxyl groups excluding tert-OH is 1. The van der Waals surface area contributed by atoms with Crippen molar-refractivity contribution in [3.8, 4) is 11.5 Å². The summed E-state index contributed by atoms with van der Waals surface area (Å²) in [7, 11) is 0. The third-order valence-electron chi connectivity index (χ3n) is 13.1. The summed E-state index contributed by atoms with van der Waals surface area (Å²) in [5, 5.41) is 70.7. The Balaban J connectivity index is 1.78. The molecular formula is C54H79N11O17S2. The SMILES string of the molecule is CC(C)C[C@H](NC(=O)[C@H](CS)NC(=O)[C@@H](NC(=O)CNC(=O)[C@H](Cc1ccc(O)cc1)NC(=O)[C@H](Cc1ccc(O)cc1)NC(=O)[C@H](C)NC(=O)[C@H](CS)NC(=O)[C@@H]1CCCN1C(=O)[C@@H](N)CC(C)C)[C@@H](C)O)C(=O)N[C@@H](CC(=O)O)C(=O)O. The summed E-state index contributed by atoms with van der Waals surface area (Å²) in [4.78, 5) is 160. The molecule has 1 heterocycles. The molecule has 28 nitrogen and oxygen atoms in total. The highest BCUT2D eigenvalue weighted by Crippen LogP contribution is 2.21. The number of amides is 10. The van der Waals surface area contributed by atoms with Gasteiger partial charge in [0.05, 0.1) is 25.1 Å². The van der Waals surface area contributed by atoms with Crippen LogP contribution in [0.1, 0.15) is 84.8 Å². The average molecular weight is 1220 g/mol. The molecule has 84 heavy (non-hydrogen) atoms. The number of hydrogen-bond acceptors (Lipinski definition) is 18. The number of aliphatic carboxylic acids is 2. The molecule has 2 aromatic carbocycles. The van der Waals surface area contributed by atoms with Crippen molar-refractivity contribution in [2.45, 2.75) is 153 Å². The Kier molecular flexibility index (Phi) is 28.7. The maximum Gasteiger partial charge on any atom is 0.326 e. The van der Waals surface area contributed by atoms with E-state index in [9.17, 15) is 78.0 Å². The molecule has 464 valence electrons. The molecule has 11 atom stereocenters. The van der Waals surface area contributed by atoms with Crippen molar-refractivity contribution < 1.29 is 83.1 Å². The van der Waals surface area contributed by atoms with Gasteiger partial charge in [-0.2, -0.15) is 25.3 Å². The Labute approximate surface area is 496 Å². The van der Waals surface area contributed by atoms with Gasteiger partial charge in [-0.1, -0.05) is 52.0 Å². The first-order valence-electron chi connectivity index (χ1n) is 27.1. The second-order valence-electron chi connectivity index (χ2n) is 21.2. The van der Waals surface area contributed by atoms with Crippen molar-refractivity contribution in [1.29, 1.82) is 0 Å². The highest BCUT2D eigenvalue weighted by atomic mass is 32.1. The number of carbonyl (C=O) groups excluding carboxylic acids is 10. The Morgan fingerprint density at radius 1 is 0.571 bits per heavy atom. The second-order valence-corrected chi connectivity index (χ2v) is 21.9. The highest BCUT2D eigenvalue weighted by molar-refractivity contribution is 7.80. The number of phenols is 2. The quantitative estimate of drug-likeness (QED) is 0.0319. The van der Waals surface area contributed by atoms with Crippen LogP contribution in [0.4, 0.5) is 0 Å². The predicted octanol–water partition coefficient (Wildman–Crippen LogP) is -2.89. The van der Waals surface area contributed by atoms with Gasteiger partial charge >= 0.3 is 11.9 Å². The molecule has 2 aromatic rings. The molecule has 0 aliphatic carbocycles. The van der Waals surface area contributed by atoms with Crippen molar-refractivity contribution in [2.75, 3.05) is 24.6 Å². The van der Waals surface area contributed by atoms with Gasteiger partial charge in [0.25, 0.3) is 0 Å². The van der Waals surface area contributed by atoms with Crippen LogP contribution in [0.25, 0.3) is 0 Å². The number of aliphatic hydroxyl groups is 1. The van der Waals surface area contributed by atoms with E-state index >= 15 is 0 Å². The zero-order valence-corrected chi connectivity index (χ0v) is 49.2. The van der Waals surface area contributed by atoms with Crippen molar-refractivity contribution in [1.82, 2.24) is 52.8 Å². The number of nitrogens with two attached hydrogens (primary N) is 1. The smallest absolute Gasteiger partial charge is 0.326 e. The van der Waals surface area contributed by atoms with Crippen LogP contribution in [0.3, 0.4) is 0 Å². The molecule has 1 aliphatic heterocycles. The molecule has 16 N–H and O–H groups in total. The van der Waals surface area contributed by atoms with E-state index in [1.165, 1.54) is 60.4 Å². The molecule has 0 saturated carbocycles. The number of aromatic hydroxyl groups is 2. The fourth-order valence-electron chi connectivity index (χ4n) is 8.69. The van der Waals surface area contributed by atoms with Crippen molar-refractivity contribution in [3.05, 3.63) is 59.7 Å². The monoisotopic (exact) mass is 1220 g/mol. The summed E-state index contributed by atoms with van der Waals surface area (Å²) in [5.41, 5.74) is 6.96. The molecule has 1 saturated heterocycles. The zero-order valence-electron chi connectivity index (χ0n) is 47.5. The van der Waals surface area contributed by atoms with Gasteiger partial charge in [-0.15, -0.1) is 0 Å². The van der Waals surface area contributed by atoms with Crippen LogP contribution in [0.5, 0.6) is 11.5 Å². The fraction of sp³-hybridized carbons (Fsp3) is 0.556. The third kappa shape index (κ3) is 23.2. The number of thiol groups is 2. The van der Waals surface area contributed by atoms with E-state index < -0.39 is 156 Å². The van der Waals surface area contributed by atoms with Gasteiger partial charge in [0.15, 0.2) is 0 Å². The molecule has 30 heteroatoms. The number of rotatable bonds is 33. The van der Waals surface area contributed by atoms with Gasteiger partial charge in [-0.25, -0.2) is 4.79 Å². The van der Waals surface area contributed by atoms with Crippen LogP contribution in [-0.4, -0.2) is 193 Å². The van der Waals surface area contributed by atoms with Crippen molar-refractivity contribution >= 4 is 96.3 Å². The van der Waals surface area contributed by atoms with Gasteiger partial charge in [0, 0.05) is 30.9 Å². The second kappa shape index (κ2) is 34.2. The molecule has 10 amide bonds. The van der Waals surface area contributed by atoms with Crippen LogP contribution in [0, 0.1) is 11.8 Å². The Bertz CT molecular complexity index is 2650. The van der Waals surface area contributed by atoms with Crippen LogP contribution in [0.2, 0.25) is 0 Å². The summed E-state index contributed by atoms with van der Waals surface area (Å²) >= 11 is 8.36. The molecule has 0 aromatic heterocycles. The summed E-state index contributed by atoms with van der Waals surface area (Å²) in [6.07, 6.45) is -1.90. The lowest BCUT2D eigenvalue weighted by Gasteiger charge is -2.29. The van der Waals surface area contributed by atoms with E-state index in [-0.39, 0.29) is 48.4 Å². The number of likely N-dealkylation sites (tertiary alicyclic amines) is 1. The van der Waals surface area contributed by atoms with Gasteiger partial charge in [-0.3, -0.25) is 52.7 Å². The first-order chi connectivity index (χ1) is 39.4. The number of carboxylic acid groups (broad SMARTS) is 2. The molecule has 1 aliphatic rings. The number of carbonyl (C=O) groups is 12. The molecule has 1 fully saturated rings. The van der Waals surface area contributed by atoms with Crippen LogP contribution in [-0.2, 0) is 70.4 Å². The summed E-state index contributed by atoms with van der Waals surface area (Å²) in [6, 6.07) is -2.81. The summed E-state index contributed by atoms with van der Waals surface area (Å²) in [6.45, 7) is 9.05. The Morgan fingerprint density at radius 3 is 1.52 bits per heavy atom. The topological polar surface area (TPSA) is 444 Å². The minimum atomic E-state index is -1.84. The molecule has 0 spiro atoms. The van der Waals surface area contributed by atoms with Crippen LogP contribution < -0.4 is 53.6 Å². The number of nitrogens with zero attached hydrogens (tertiary/aromatic N) is 1. The molecular weight excluding hydrogens is 1140 g/mol. The zero-order chi connectivity index (χ0) is 63.1. The van der Waals surface area contributed by atoms with Crippen molar-refractivity contribution in [3.63, 3.8) is 0 Å². The van der Waals surface area contributed by atoms with Gasteiger partial charge in [0.2, 0.25) is 59.1 Å². The third-order valence-corrected chi connectivity index (χ3v) is 13.9. The van der Waals surface area contributed by atoms with Crippen LogP contribution >= 0.6 is 25.3 Å². The normalized spacial score (nSPS) is 16.6. The minimum absolute atomic E-state index is 0.0520. The number of nitrogens with one attached hydrogen (secondary N) is 9. The van der Waals surface area contributed by atoms with E-state index in [0.29, 0.717) is 36.9 Å². The number of hydrogen-bond donors (Lipinski definition) is 17. The van der Waals surface area contributed by atoms with Crippen LogP contribution in [0.15, 0.2) is 48.5 Å². The van der Waals surface area contributed by atoms with E-state index in [2.05, 4.69) is 73.1 Å². The summed E-state index contributed by atoms with van der Waals surface area (Å²) < 4.78 is 0. The van der Waals surface area contributed by atoms with E-state index in [0.717, 1.165) is 6.92 Å². The number of phenolic OH excluding ortho intramolecular Hbond substituents is 2. The Hall–Kier alpha value is -7.70. The van der Waals surface area contributed by atoms with E-state index in [1.54, 1.807) is 13.8 Å². The fourth-order valence-corrected chi connectivity index (χ4v) is 9.20. The lowest BCUT2D eigenvalue weighted by atomic mass is 10.0. The minimum Gasteiger partial charge on any atom is -0.508 e. The number of benzene rings is 2. The van der Waals surface area contributed by atoms with E-state index in [4.69, 9.17) is 10.8 Å². The first kappa shape index (κ1) is 70.6. The van der Waals surface area contributed by atoms with Gasteiger partial charge < -0.3 is 84.0 Å². The van der Waals surface area contributed by atoms with E-state index in [1.807, 2.05) is 13.8 Å². The lowest BCUT2D eigenvalue weighted by Crippen LogP contribution is -2.61. The van der Waals surface area contributed by atoms with Crippen molar-refractivity contribution in [2.24, 2.45) is 17.6 Å². The van der Waals surface area contributed by atoms with Gasteiger partial charge in [0.1, 0.15) is 65.9 Å². The maximum absolute atomic E-state index is 14.3. The molecule has 0 radical (unpaired) electrons. The Morgan fingerprint density at radius 2 is 1.02 bits per heavy atom. The average Bonchev–Trinajstić information content (AvgIpc) is 4.07. The molecule has 0 unspecified atom stereocenters. The largest absolute Gasteiger partial charge is 0.508 e. The predicted molar refractivity (Wildman–Crippen MR) is 309 cm³/mol. The van der Waals surface area contributed by atoms with Gasteiger partial charge in [-0.05, 0) is 86.8 Å². The first-order valence-corrected chi connectivity index (χ1v) is 28.4. The summed E-state index contributed by atoms with van der Waals surface area (Å²) in [5.74, 6) is -13.0. The molecule has 3 rings (SSSR count). The standard InChI is InChI=1S/C54H79N11O17S2/c1-26(2)18-34(55)53(80)65-17-7-8-41(65)51(78)62-39(24-83)49(76)57-28(5)45(72)58-37(21-31-11-15-33(68)16-12-31)48(75)60-36(20-30-9-13-32(67)14-10-30)46(73)56-23-42(69)64-44(29(6)66)52(79)63-40(25-84)50(77)59-35(19-27(3)4)47(74)61-38(54(81)82)22-43(70)71/h9-16,26-29,34-41,44,66-68,83-84H,7-8,17-25,55H2,1-6H3,(H,56,73)(H,57,76)(H,58,72)(H,59,77)(H,60,75)(H,61,74)(H,62,78)(H,63,79)(H,64,69)(H,70,71)(H,81,82)/t28-,29+,34-,35-,36-,37-,38-,39-,40-,41-,44-/m0/s1. The lowest BCUT2D eigenvalue weighted by molar-refractivity contribution is -0.147. The molecule has 0 bridgehead atoms.